The van der Waals surface area contributed by atoms with Crippen molar-refractivity contribution in [2.75, 3.05) is 6.54 Å². The molecule has 1 atom stereocenters. The van der Waals surface area contributed by atoms with Crippen LogP contribution >= 0.6 is 15.9 Å². The minimum atomic E-state index is 0.396. The van der Waals surface area contributed by atoms with Crippen LogP contribution in [0.15, 0.2) is 33.3 Å². The summed E-state index contributed by atoms with van der Waals surface area (Å²) in [5.74, 6) is 2.32. The zero-order chi connectivity index (χ0) is 14.5. The first-order valence-electron chi connectivity index (χ1n) is 6.87. The first kappa shape index (κ1) is 15.2. The summed E-state index contributed by atoms with van der Waals surface area (Å²) in [6.07, 6.45) is 1.82. The average Bonchev–Trinajstić information content (AvgIpc) is 2.87. The molecule has 1 unspecified atom stereocenters. The number of halogens is 1. The van der Waals surface area contributed by atoms with Crippen LogP contribution in [0.5, 0.6) is 0 Å². The highest BCUT2D eigenvalue weighted by Gasteiger charge is 2.15. The van der Waals surface area contributed by atoms with Gasteiger partial charge in [0, 0.05) is 16.5 Å². The zero-order valence-corrected chi connectivity index (χ0v) is 13.4. The Morgan fingerprint density at radius 3 is 2.55 bits per heavy atom. The molecule has 1 aromatic heterocycles. The van der Waals surface area contributed by atoms with Crippen LogP contribution < -0.4 is 5.73 Å². The van der Waals surface area contributed by atoms with Crippen molar-refractivity contribution in [3.8, 4) is 11.4 Å². The van der Waals surface area contributed by atoms with E-state index in [0.717, 1.165) is 22.9 Å². The van der Waals surface area contributed by atoms with Gasteiger partial charge in [-0.25, -0.2) is 0 Å². The normalized spacial score (nSPS) is 12.8. The van der Waals surface area contributed by atoms with Gasteiger partial charge in [-0.2, -0.15) is 4.98 Å². The maximum absolute atomic E-state index is 5.81. The molecule has 5 heteroatoms. The van der Waals surface area contributed by atoms with Crippen molar-refractivity contribution in [1.29, 1.82) is 0 Å². The molecule has 0 bridgehead atoms. The van der Waals surface area contributed by atoms with E-state index in [1.807, 2.05) is 24.3 Å². The summed E-state index contributed by atoms with van der Waals surface area (Å²) < 4.78 is 6.37. The van der Waals surface area contributed by atoms with Crippen molar-refractivity contribution < 1.29 is 4.52 Å². The van der Waals surface area contributed by atoms with Gasteiger partial charge in [-0.3, -0.25) is 0 Å². The Morgan fingerprint density at radius 2 is 1.95 bits per heavy atom. The molecule has 0 fully saturated rings. The number of aromatic nitrogens is 2. The minimum absolute atomic E-state index is 0.396. The van der Waals surface area contributed by atoms with Crippen LogP contribution in [-0.4, -0.2) is 16.7 Å². The van der Waals surface area contributed by atoms with E-state index in [0.29, 0.717) is 30.1 Å². The summed E-state index contributed by atoms with van der Waals surface area (Å²) in [6.45, 7) is 5.04. The van der Waals surface area contributed by atoms with E-state index in [-0.39, 0.29) is 0 Å². The van der Waals surface area contributed by atoms with Crippen molar-refractivity contribution in [2.24, 2.45) is 17.6 Å². The topological polar surface area (TPSA) is 64.9 Å². The van der Waals surface area contributed by atoms with E-state index in [1.54, 1.807) is 0 Å². The molecule has 0 spiro atoms. The Kier molecular flexibility index (Phi) is 5.31. The van der Waals surface area contributed by atoms with E-state index in [1.165, 1.54) is 0 Å². The van der Waals surface area contributed by atoms with Crippen molar-refractivity contribution >= 4 is 15.9 Å². The molecule has 0 aliphatic heterocycles. The zero-order valence-electron chi connectivity index (χ0n) is 11.8. The molecule has 0 radical (unpaired) electrons. The molecule has 0 aliphatic rings. The molecule has 2 N–H and O–H groups in total. The Hall–Kier alpha value is -1.20. The highest BCUT2D eigenvalue weighted by molar-refractivity contribution is 9.10. The number of nitrogens with two attached hydrogens (primary N) is 1. The largest absolute Gasteiger partial charge is 0.339 e. The standard InChI is InChI=1S/C15H20BrN3O/c1-10(2)7-11(9-17)8-14-18-15(19-20-14)12-3-5-13(16)6-4-12/h3-6,10-11H,7-9,17H2,1-2H3. The molecule has 0 saturated heterocycles. The summed E-state index contributed by atoms with van der Waals surface area (Å²) in [7, 11) is 0. The van der Waals surface area contributed by atoms with E-state index < -0.39 is 0 Å². The number of nitrogens with zero attached hydrogens (tertiary/aromatic N) is 2. The molecule has 2 aromatic rings. The van der Waals surface area contributed by atoms with Crippen LogP contribution in [0.25, 0.3) is 11.4 Å². The molecule has 108 valence electrons. The third-order valence-corrected chi connectivity index (χ3v) is 3.70. The second-order valence-electron chi connectivity index (χ2n) is 5.45. The molecule has 4 nitrogen and oxygen atoms in total. The second-order valence-corrected chi connectivity index (χ2v) is 6.37. The molecule has 20 heavy (non-hydrogen) atoms. The molecule has 0 aliphatic carbocycles. The van der Waals surface area contributed by atoms with Crippen LogP contribution in [-0.2, 0) is 6.42 Å². The van der Waals surface area contributed by atoms with Crippen LogP contribution in [0.2, 0.25) is 0 Å². The number of rotatable bonds is 6. The number of hydrogen-bond donors (Lipinski definition) is 1. The van der Waals surface area contributed by atoms with E-state index >= 15 is 0 Å². The maximum atomic E-state index is 5.81. The van der Waals surface area contributed by atoms with Gasteiger partial charge in [0.05, 0.1) is 0 Å². The lowest BCUT2D eigenvalue weighted by atomic mass is 9.94. The monoisotopic (exact) mass is 337 g/mol. The van der Waals surface area contributed by atoms with Gasteiger partial charge in [-0.15, -0.1) is 0 Å². The van der Waals surface area contributed by atoms with Gasteiger partial charge in [0.25, 0.3) is 0 Å². The van der Waals surface area contributed by atoms with Crippen molar-refractivity contribution in [3.05, 3.63) is 34.6 Å². The van der Waals surface area contributed by atoms with Gasteiger partial charge < -0.3 is 10.3 Å². The van der Waals surface area contributed by atoms with Gasteiger partial charge >= 0.3 is 0 Å². The molecule has 2 rings (SSSR count). The number of hydrogen-bond acceptors (Lipinski definition) is 4. The average molecular weight is 338 g/mol. The molecule has 1 aromatic carbocycles. The van der Waals surface area contributed by atoms with Gasteiger partial charge in [0.2, 0.25) is 11.7 Å². The van der Waals surface area contributed by atoms with Gasteiger partial charge in [0.15, 0.2) is 0 Å². The molecule has 0 amide bonds. The van der Waals surface area contributed by atoms with Crippen LogP contribution in [0.1, 0.15) is 26.2 Å². The van der Waals surface area contributed by atoms with Gasteiger partial charge in [-0.1, -0.05) is 34.9 Å². The summed E-state index contributed by atoms with van der Waals surface area (Å²) in [6, 6.07) is 7.86. The molecular weight excluding hydrogens is 318 g/mol. The fourth-order valence-corrected chi connectivity index (χ4v) is 2.49. The number of benzene rings is 1. The fraction of sp³-hybridized carbons (Fsp3) is 0.467. The smallest absolute Gasteiger partial charge is 0.227 e. The third kappa shape index (κ3) is 4.15. The highest BCUT2D eigenvalue weighted by atomic mass is 79.9. The first-order chi connectivity index (χ1) is 9.58. The van der Waals surface area contributed by atoms with Gasteiger partial charge in [-0.05, 0) is 49.1 Å². The molecule has 1 heterocycles. The summed E-state index contributed by atoms with van der Waals surface area (Å²) in [5.41, 5.74) is 6.76. The molecular formula is C15H20BrN3O. The van der Waals surface area contributed by atoms with Crippen molar-refractivity contribution in [1.82, 2.24) is 10.1 Å². The van der Waals surface area contributed by atoms with Crippen molar-refractivity contribution in [2.45, 2.75) is 26.7 Å². The SMILES string of the molecule is CC(C)CC(CN)Cc1nc(-c2ccc(Br)cc2)no1. The quantitative estimate of drug-likeness (QED) is 0.873. The summed E-state index contributed by atoms with van der Waals surface area (Å²) in [5, 5.41) is 4.04. The van der Waals surface area contributed by atoms with Crippen LogP contribution in [0, 0.1) is 11.8 Å². The second kappa shape index (κ2) is 6.99. The summed E-state index contributed by atoms with van der Waals surface area (Å²) in [4.78, 5) is 4.46. The van der Waals surface area contributed by atoms with Crippen LogP contribution in [0.3, 0.4) is 0 Å². The van der Waals surface area contributed by atoms with E-state index in [4.69, 9.17) is 10.3 Å². The lowest BCUT2D eigenvalue weighted by Crippen LogP contribution is -2.19. The van der Waals surface area contributed by atoms with Crippen molar-refractivity contribution in [3.63, 3.8) is 0 Å². The third-order valence-electron chi connectivity index (χ3n) is 3.17. The fourth-order valence-electron chi connectivity index (χ4n) is 2.23. The highest BCUT2D eigenvalue weighted by Crippen LogP contribution is 2.21. The predicted molar refractivity (Wildman–Crippen MR) is 83.1 cm³/mol. The van der Waals surface area contributed by atoms with E-state index in [2.05, 4.69) is 39.9 Å². The Balaban J connectivity index is 2.06. The predicted octanol–water partition coefficient (Wildman–Crippen LogP) is 3.66. The first-order valence-corrected chi connectivity index (χ1v) is 7.66. The summed E-state index contributed by atoms with van der Waals surface area (Å²) >= 11 is 3.41. The molecule has 0 saturated carbocycles. The lowest BCUT2D eigenvalue weighted by molar-refractivity contribution is 0.332. The minimum Gasteiger partial charge on any atom is -0.339 e. The maximum Gasteiger partial charge on any atom is 0.227 e. The van der Waals surface area contributed by atoms with Crippen LogP contribution in [0.4, 0.5) is 0 Å². The lowest BCUT2D eigenvalue weighted by Gasteiger charge is -2.14. The Bertz CT molecular complexity index is 536. The Morgan fingerprint density at radius 1 is 1.25 bits per heavy atom. The van der Waals surface area contributed by atoms with E-state index in [9.17, 15) is 0 Å². The Labute approximate surface area is 127 Å². The van der Waals surface area contributed by atoms with Gasteiger partial charge in [0.1, 0.15) is 0 Å².